The van der Waals surface area contributed by atoms with E-state index in [1.54, 1.807) is 0 Å². The molecule has 3 aliphatic rings. The lowest BCUT2D eigenvalue weighted by atomic mass is 9.90. The number of aromatic nitrogens is 3. The Morgan fingerprint density at radius 2 is 1.97 bits per heavy atom. The predicted octanol–water partition coefficient (Wildman–Crippen LogP) is 3.65. The number of pyridine rings is 2. The number of likely N-dealkylation sites (N-methyl/N-ethyl adjacent to an activating group) is 1. The van der Waals surface area contributed by atoms with Crippen LogP contribution in [0.25, 0.3) is 5.65 Å². The summed E-state index contributed by atoms with van der Waals surface area (Å²) in [7, 11) is 4.33. The zero-order valence-electron chi connectivity index (χ0n) is 21.1. The number of imidazole rings is 1. The third-order valence-corrected chi connectivity index (χ3v) is 8.32. The summed E-state index contributed by atoms with van der Waals surface area (Å²) in [4.78, 5) is 17.3. The Kier molecular flexibility index (Phi) is 6.25. The van der Waals surface area contributed by atoms with E-state index in [0.717, 1.165) is 74.2 Å². The number of hydrogen-bond donors (Lipinski definition) is 1. The van der Waals surface area contributed by atoms with Crippen LogP contribution in [0.3, 0.4) is 0 Å². The van der Waals surface area contributed by atoms with Crippen LogP contribution in [-0.4, -0.2) is 69.0 Å². The highest BCUT2D eigenvalue weighted by Crippen LogP contribution is 2.38. The molecular weight excluding hydrogens is 436 g/mol. The molecule has 35 heavy (non-hydrogen) atoms. The highest BCUT2D eigenvalue weighted by Gasteiger charge is 2.33. The molecule has 186 valence electrons. The van der Waals surface area contributed by atoms with Crippen molar-refractivity contribution >= 4 is 11.5 Å². The van der Waals surface area contributed by atoms with E-state index in [-0.39, 0.29) is 6.61 Å². The first-order valence-electron chi connectivity index (χ1n) is 13.3. The van der Waals surface area contributed by atoms with Gasteiger partial charge in [-0.15, -0.1) is 0 Å². The normalized spacial score (nSPS) is 22.5. The predicted molar refractivity (Wildman–Crippen MR) is 138 cm³/mol. The van der Waals surface area contributed by atoms with Gasteiger partial charge in [-0.1, -0.05) is 12.1 Å². The van der Waals surface area contributed by atoms with Crippen molar-refractivity contribution in [2.24, 2.45) is 5.92 Å². The fraction of sp³-hybridized carbons (Fsp3) is 0.571. The van der Waals surface area contributed by atoms with Crippen molar-refractivity contribution in [2.75, 3.05) is 38.6 Å². The monoisotopic (exact) mass is 474 g/mol. The number of hydrogen-bond acceptors (Lipinski definition) is 6. The van der Waals surface area contributed by atoms with Gasteiger partial charge < -0.3 is 14.9 Å². The number of aliphatic hydroxyl groups is 1. The van der Waals surface area contributed by atoms with E-state index in [0.29, 0.717) is 12.1 Å². The van der Waals surface area contributed by atoms with Crippen LogP contribution < -0.4 is 4.90 Å². The lowest BCUT2D eigenvalue weighted by Gasteiger charge is -2.35. The molecule has 1 unspecified atom stereocenters. The second-order valence-corrected chi connectivity index (χ2v) is 10.9. The van der Waals surface area contributed by atoms with Crippen molar-refractivity contribution in [3.63, 3.8) is 0 Å². The Hall–Kier alpha value is -2.48. The fourth-order valence-corrected chi connectivity index (χ4v) is 6.16. The standard InChI is InChI=1S/C28H38N6O/c1-31(2)22-13-15-32(17-22)27-10-4-9-26-30-23(25(19-35)34(26)27)18-33(16-20-11-12-20)24-8-3-6-21-7-5-14-29-28(21)24/h4-5,7,9-10,14,20,22,24,35H,3,6,8,11-13,15-19H2,1-2H3/t22?,24-/m0/s1. The van der Waals surface area contributed by atoms with Crippen molar-refractivity contribution < 1.29 is 5.11 Å². The zero-order chi connectivity index (χ0) is 23.9. The van der Waals surface area contributed by atoms with Crippen LogP contribution >= 0.6 is 0 Å². The average Bonchev–Trinajstić information content (AvgIpc) is 3.41. The minimum Gasteiger partial charge on any atom is -0.390 e. The molecule has 0 radical (unpaired) electrons. The van der Waals surface area contributed by atoms with E-state index in [4.69, 9.17) is 9.97 Å². The van der Waals surface area contributed by atoms with E-state index in [1.807, 2.05) is 6.20 Å². The van der Waals surface area contributed by atoms with Crippen molar-refractivity contribution in [3.8, 4) is 0 Å². The van der Waals surface area contributed by atoms with Crippen LogP contribution in [0, 0.1) is 5.92 Å². The van der Waals surface area contributed by atoms with Gasteiger partial charge in [0.05, 0.1) is 29.7 Å². The second-order valence-electron chi connectivity index (χ2n) is 10.9. The minimum atomic E-state index is -0.00473. The number of aliphatic hydroxyl groups excluding tert-OH is 1. The van der Waals surface area contributed by atoms with Gasteiger partial charge in [0.1, 0.15) is 11.5 Å². The van der Waals surface area contributed by atoms with Crippen LogP contribution in [0.5, 0.6) is 0 Å². The Labute approximate surface area is 208 Å². The zero-order valence-corrected chi connectivity index (χ0v) is 21.1. The molecule has 1 N–H and O–H groups in total. The Morgan fingerprint density at radius 3 is 2.74 bits per heavy atom. The molecule has 3 aromatic heterocycles. The van der Waals surface area contributed by atoms with Gasteiger partial charge in [-0.3, -0.25) is 14.3 Å². The van der Waals surface area contributed by atoms with Gasteiger partial charge in [0.25, 0.3) is 0 Å². The van der Waals surface area contributed by atoms with Crippen LogP contribution in [0.4, 0.5) is 5.82 Å². The molecule has 1 saturated carbocycles. The van der Waals surface area contributed by atoms with Crippen LogP contribution in [0.2, 0.25) is 0 Å². The molecule has 0 bridgehead atoms. The first-order valence-corrected chi connectivity index (χ1v) is 13.3. The molecule has 0 spiro atoms. The van der Waals surface area contributed by atoms with E-state index in [1.165, 1.54) is 30.5 Å². The molecule has 2 atom stereocenters. The molecule has 0 amide bonds. The highest BCUT2D eigenvalue weighted by atomic mass is 16.3. The summed E-state index contributed by atoms with van der Waals surface area (Å²) in [6.07, 6.45) is 9.21. The van der Waals surface area contributed by atoms with Gasteiger partial charge in [0, 0.05) is 38.4 Å². The van der Waals surface area contributed by atoms with Crippen LogP contribution in [0.1, 0.15) is 60.8 Å². The van der Waals surface area contributed by atoms with Gasteiger partial charge in [-0.05, 0) is 82.3 Å². The SMILES string of the molecule is CN(C)C1CCN(c2cccc3nc(CN(CC4CC4)[C@H]4CCCc5cccnc54)c(CO)n23)C1. The molecule has 1 saturated heterocycles. The van der Waals surface area contributed by atoms with Crippen molar-refractivity contribution in [1.82, 2.24) is 24.2 Å². The Balaban J connectivity index is 1.35. The molecule has 0 aromatic carbocycles. The smallest absolute Gasteiger partial charge is 0.138 e. The van der Waals surface area contributed by atoms with Gasteiger partial charge in [0.2, 0.25) is 0 Å². The molecule has 3 aromatic rings. The maximum absolute atomic E-state index is 10.6. The quantitative estimate of drug-likeness (QED) is 0.538. The lowest BCUT2D eigenvalue weighted by Crippen LogP contribution is -2.34. The average molecular weight is 475 g/mol. The van der Waals surface area contributed by atoms with Gasteiger partial charge in [-0.2, -0.15) is 0 Å². The molecule has 2 aliphatic carbocycles. The van der Waals surface area contributed by atoms with Crippen LogP contribution in [-0.2, 0) is 19.6 Å². The molecule has 4 heterocycles. The lowest BCUT2D eigenvalue weighted by molar-refractivity contribution is 0.155. The largest absolute Gasteiger partial charge is 0.390 e. The number of nitrogens with zero attached hydrogens (tertiary/aromatic N) is 6. The van der Waals surface area contributed by atoms with E-state index in [2.05, 4.69) is 63.5 Å². The minimum absolute atomic E-state index is 0.00473. The number of fused-ring (bicyclic) bond motifs is 2. The summed E-state index contributed by atoms with van der Waals surface area (Å²) in [6, 6.07) is 11.6. The molecule has 2 fully saturated rings. The molecule has 6 rings (SSSR count). The second kappa shape index (κ2) is 9.52. The number of rotatable bonds is 8. The highest BCUT2D eigenvalue weighted by molar-refractivity contribution is 5.55. The summed E-state index contributed by atoms with van der Waals surface area (Å²) in [5.41, 5.74) is 5.52. The molecule has 1 aliphatic heterocycles. The Bertz CT molecular complexity index is 1190. The third-order valence-electron chi connectivity index (χ3n) is 8.32. The van der Waals surface area contributed by atoms with E-state index >= 15 is 0 Å². The first-order chi connectivity index (χ1) is 17.1. The number of anilines is 1. The molecule has 7 nitrogen and oxygen atoms in total. The summed E-state index contributed by atoms with van der Waals surface area (Å²) in [5.74, 6) is 1.93. The van der Waals surface area contributed by atoms with Crippen molar-refractivity contribution in [2.45, 2.75) is 63.8 Å². The van der Waals surface area contributed by atoms with Gasteiger partial charge >= 0.3 is 0 Å². The third kappa shape index (κ3) is 4.46. The van der Waals surface area contributed by atoms with E-state index < -0.39 is 0 Å². The summed E-state index contributed by atoms with van der Waals surface area (Å²) < 4.78 is 2.20. The molecular formula is C28H38N6O. The fourth-order valence-electron chi connectivity index (χ4n) is 6.16. The van der Waals surface area contributed by atoms with Gasteiger partial charge in [-0.25, -0.2) is 4.98 Å². The van der Waals surface area contributed by atoms with Crippen molar-refractivity contribution in [3.05, 3.63) is 59.2 Å². The van der Waals surface area contributed by atoms with Crippen LogP contribution in [0.15, 0.2) is 36.5 Å². The Morgan fingerprint density at radius 1 is 1.09 bits per heavy atom. The molecule has 7 heteroatoms. The maximum atomic E-state index is 10.6. The van der Waals surface area contributed by atoms with Crippen molar-refractivity contribution in [1.29, 1.82) is 0 Å². The first kappa shape index (κ1) is 23.0. The summed E-state index contributed by atoms with van der Waals surface area (Å²) in [5, 5.41) is 10.6. The number of aryl methyl sites for hydroxylation is 1. The van der Waals surface area contributed by atoms with Gasteiger partial charge in [0.15, 0.2) is 0 Å². The van der Waals surface area contributed by atoms with E-state index in [9.17, 15) is 5.11 Å². The summed E-state index contributed by atoms with van der Waals surface area (Å²) in [6.45, 7) is 3.87. The maximum Gasteiger partial charge on any atom is 0.138 e. The summed E-state index contributed by atoms with van der Waals surface area (Å²) >= 11 is 0. The topological polar surface area (TPSA) is 60.1 Å².